The van der Waals surface area contributed by atoms with Gasteiger partial charge in [0.25, 0.3) is 0 Å². The monoisotopic (exact) mass is 235 g/mol. The number of hydrogen-bond acceptors (Lipinski definition) is 3. The van der Waals surface area contributed by atoms with E-state index >= 15 is 0 Å². The minimum absolute atomic E-state index is 0.0136. The van der Waals surface area contributed by atoms with Gasteiger partial charge >= 0.3 is 0 Å². The Hall–Kier alpha value is -2.16. The Balaban J connectivity index is 1.85. The molecule has 4 rings (SSSR count). The van der Waals surface area contributed by atoms with E-state index in [1.165, 1.54) is 16.7 Å². The van der Waals surface area contributed by atoms with Gasteiger partial charge in [0.15, 0.2) is 5.82 Å². The fourth-order valence-electron chi connectivity index (χ4n) is 3.15. The summed E-state index contributed by atoms with van der Waals surface area (Å²) in [5, 5.41) is 0. The van der Waals surface area contributed by atoms with E-state index in [-0.39, 0.29) is 5.41 Å². The second kappa shape index (κ2) is 3.19. The molecule has 1 aliphatic carbocycles. The van der Waals surface area contributed by atoms with E-state index in [2.05, 4.69) is 34.4 Å². The molecule has 1 atom stereocenters. The zero-order valence-corrected chi connectivity index (χ0v) is 9.93. The average molecular weight is 235 g/mol. The standard InChI is InChI=1S/C15H13N3/c16-12-4-3-10-7-15(8-11(10)6-12)9-18-14-13(15)2-1-5-17-14/h1-6,9H,7-8,16H2. The lowest BCUT2D eigenvalue weighted by atomic mass is 9.81. The van der Waals surface area contributed by atoms with Gasteiger partial charge in [-0.15, -0.1) is 0 Å². The minimum Gasteiger partial charge on any atom is -0.399 e. The number of nitrogens with zero attached hydrogens (tertiary/aromatic N) is 2. The number of nitrogen functional groups attached to an aromatic ring is 1. The third-order valence-electron chi connectivity index (χ3n) is 4.00. The molecule has 2 N–H and O–H groups in total. The number of pyridine rings is 1. The topological polar surface area (TPSA) is 51.3 Å². The van der Waals surface area contributed by atoms with Crippen LogP contribution in [0.1, 0.15) is 16.7 Å². The summed E-state index contributed by atoms with van der Waals surface area (Å²) in [5.74, 6) is 0.873. The summed E-state index contributed by atoms with van der Waals surface area (Å²) < 4.78 is 0. The molecule has 1 unspecified atom stereocenters. The van der Waals surface area contributed by atoms with Crippen molar-refractivity contribution in [3.05, 3.63) is 53.2 Å². The first-order chi connectivity index (χ1) is 8.77. The highest BCUT2D eigenvalue weighted by Gasteiger charge is 2.42. The fraction of sp³-hybridized carbons (Fsp3) is 0.200. The number of hydrogen-bond donors (Lipinski definition) is 1. The summed E-state index contributed by atoms with van der Waals surface area (Å²) >= 11 is 0. The van der Waals surface area contributed by atoms with Crippen LogP contribution >= 0.6 is 0 Å². The molecular weight excluding hydrogens is 222 g/mol. The van der Waals surface area contributed by atoms with Gasteiger partial charge in [-0.3, -0.25) is 0 Å². The fourth-order valence-corrected chi connectivity index (χ4v) is 3.15. The maximum Gasteiger partial charge on any atom is 0.155 e. The molecule has 1 aliphatic heterocycles. The summed E-state index contributed by atoms with van der Waals surface area (Å²) in [6.07, 6.45) is 5.86. The van der Waals surface area contributed by atoms with Gasteiger partial charge < -0.3 is 5.73 Å². The number of nitrogens with two attached hydrogens (primary N) is 1. The molecule has 0 fully saturated rings. The van der Waals surface area contributed by atoms with Crippen molar-refractivity contribution in [2.75, 3.05) is 5.73 Å². The number of fused-ring (bicyclic) bond motifs is 3. The molecule has 0 radical (unpaired) electrons. The van der Waals surface area contributed by atoms with Gasteiger partial charge in [-0.05, 0) is 42.2 Å². The molecule has 2 heterocycles. The SMILES string of the molecule is Nc1ccc2c(c1)CC1(C=Nc3ncccc31)C2. The largest absolute Gasteiger partial charge is 0.399 e. The summed E-state index contributed by atoms with van der Waals surface area (Å²) in [6.45, 7) is 0. The lowest BCUT2D eigenvalue weighted by Crippen LogP contribution is -2.25. The van der Waals surface area contributed by atoms with Crippen LogP contribution in [0.5, 0.6) is 0 Å². The Morgan fingerprint density at radius 3 is 2.94 bits per heavy atom. The molecule has 0 amide bonds. The van der Waals surface area contributed by atoms with Crippen LogP contribution in [0.3, 0.4) is 0 Å². The van der Waals surface area contributed by atoms with E-state index in [1.807, 2.05) is 12.1 Å². The number of rotatable bonds is 0. The molecule has 3 nitrogen and oxygen atoms in total. The first-order valence-corrected chi connectivity index (χ1v) is 6.15. The third-order valence-corrected chi connectivity index (χ3v) is 4.00. The highest BCUT2D eigenvalue weighted by atomic mass is 14.9. The first kappa shape index (κ1) is 9.83. The molecule has 0 saturated carbocycles. The number of benzene rings is 1. The lowest BCUT2D eigenvalue weighted by molar-refractivity contribution is 0.639. The van der Waals surface area contributed by atoms with Crippen LogP contribution < -0.4 is 5.73 Å². The van der Waals surface area contributed by atoms with Crippen molar-refractivity contribution in [1.29, 1.82) is 0 Å². The molecule has 1 spiro atoms. The zero-order chi connectivity index (χ0) is 12.2. The average Bonchev–Trinajstić information content (AvgIpc) is 2.92. The van der Waals surface area contributed by atoms with Crippen molar-refractivity contribution in [2.24, 2.45) is 4.99 Å². The molecule has 1 aromatic carbocycles. The second-order valence-corrected chi connectivity index (χ2v) is 5.17. The molecular formula is C15H13N3. The number of anilines is 1. The van der Waals surface area contributed by atoms with Gasteiger partial charge in [0, 0.05) is 29.1 Å². The van der Waals surface area contributed by atoms with E-state index in [4.69, 9.17) is 5.73 Å². The zero-order valence-electron chi connectivity index (χ0n) is 9.93. The Labute approximate surface area is 105 Å². The molecule has 18 heavy (non-hydrogen) atoms. The van der Waals surface area contributed by atoms with E-state index < -0.39 is 0 Å². The number of aromatic nitrogens is 1. The molecule has 1 aromatic heterocycles. The van der Waals surface area contributed by atoms with Gasteiger partial charge in [0.05, 0.1) is 0 Å². The van der Waals surface area contributed by atoms with E-state index in [9.17, 15) is 0 Å². The third kappa shape index (κ3) is 1.19. The first-order valence-electron chi connectivity index (χ1n) is 6.15. The van der Waals surface area contributed by atoms with Crippen LogP contribution in [-0.4, -0.2) is 11.2 Å². The van der Waals surface area contributed by atoms with Crippen molar-refractivity contribution in [3.8, 4) is 0 Å². The summed E-state index contributed by atoms with van der Waals surface area (Å²) in [6, 6.07) is 10.3. The van der Waals surface area contributed by atoms with E-state index in [1.54, 1.807) is 6.20 Å². The smallest absolute Gasteiger partial charge is 0.155 e. The van der Waals surface area contributed by atoms with E-state index in [0.717, 1.165) is 24.3 Å². The lowest BCUT2D eigenvalue weighted by Gasteiger charge is -2.20. The maximum atomic E-state index is 5.87. The molecule has 3 heteroatoms. The normalized spacial score (nSPS) is 23.3. The second-order valence-electron chi connectivity index (χ2n) is 5.17. The van der Waals surface area contributed by atoms with Gasteiger partial charge in [-0.2, -0.15) is 0 Å². The van der Waals surface area contributed by atoms with Crippen LogP contribution in [0.2, 0.25) is 0 Å². The van der Waals surface area contributed by atoms with Crippen molar-refractivity contribution in [3.63, 3.8) is 0 Å². The Morgan fingerprint density at radius 1 is 1.11 bits per heavy atom. The van der Waals surface area contributed by atoms with Crippen LogP contribution in [0.4, 0.5) is 11.5 Å². The number of aliphatic imine (C=N–C) groups is 1. The maximum absolute atomic E-state index is 5.87. The highest BCUT2D eigenvalue weighted by Crippen LogP contribution is 2.45. The Morgan fingerprint density at radius 2 is 2.00 bits per heavy atom. The quantitative estimate of drug-likeness (QED) is 0.713. The summed E-state index contributed by atoms with van der Waals surface area (Å²) in [4.78, 5) is 8.81. The minimum atomic E-state index is 0.0136. The molecule has 88 valence electrons. The van der Waals surface area contributed by atoms with Gasteiger partial charge in [-0.25, -0.2) is 9.98 Å². The highest BCUT2D eigenvalue weighted by molar-refractivity contribution is 5.86. The molecule has 2 aliphatic rings. The summed E-state index contributed by atoms with van der Waals surface area (Å²) in [7, 11) is 0. The van der Waals surface area contributed by atoms with Crippen LogP contribution in [0.25, 0.3) is 0 Å². The Bertz CT molecular complexity index is 675. The molecule has 2 aromatic rings. The predicted octanol–water partition coefficient (Wildman–Crippen LogP) is 2.42. The molecule has 0 saturated heterocycles. The van der Waals surface area contributed by atoms with Crippen molar-refractivity contribution in [2.45, 2.75) is 18.3 Å². The van der Waals surface area contributed by atoms with Gasteiger partial charge in [0.1, 0.15) is 0 Å². The van der Waals surface area contributed by atoms with Crippen LogP contribution in [0, 0.1) is 0 Å². The van der Waals surface area contributed by atoms with Crippen molar-refractivity contribution in [1.82, 2.24) is 4.98 Å². The van der Waals surface area contributed by atoms with Crippen LogP contribution in [0.15, 0.2) is 41.5 Å². The molecule has 0 bridgehead atoms. The Kier molecular flexibility index (Phi) is 1.74. The van der Waals surface area contributed by atoms with E-state index in [0.29, 0.717) is 0 Å². The van der Waals surface area contributed by atoms with Crippen LogP contribution in [-0.2, 0) is 18.3 Å². The van der Waals surface area contributed by atoms with Gasteiger partial charge in [0.2, 0.25) is 0 Å². The summed E-state index contributed by atoms with van der Waals surface area (Å²) in [5.41, 5.74) is 10.7. The predicted molar refractivity (Wildman–Crippen MR) is 72.3 cm³/mol. The van der Waals surface area contributed by atoms with Crippen molar-refractivity contribution >= 4 is 17.7 Å². The van der Waals surface area contributed by atoms with Gasteiger partial charge in [-0.1, -0.05) is 12.1 Å². The van der Waals surface area contributed by atoms with Crippen molar-refractivity contribution < 1.29 is 0 Å².